The molecule has 0 amide bonds. The second-order valence-corrected chi connectivity index (χ2v) is 6.92. The second kappa shape index (κ2) is 7.40. The lowest BCUT2D eigenvalue weighted by Gasteiger charge is -2.34. The molecular formula is C20H21N5O3. The molecule has 1 aliphatic heterocycles. The van der Waals surface area contributed by atoms with E-state index in [1.165, 1.54) is 24.9 Å². The summed E-state index contributed by atoms with van der Waals surface area (Å²) in [6.07, 6.45) is 1.53. The molecule has 2 aromatic heterocycles. The molecular weight excluding hydrogens is 358 g/mol. The summed E-state index contributed by atoms with van der Waals surface area (Å²) in [6.45, 7) is 5.46. The van der Waals surface area contributed by atoms with Crippen molar-refractivity contribution < 1.29 is 9.21 Å². The summed E-state index contributed by atoms with van der Waals surface area (Å²) in [5.74, 6) is -0.0307. The molecule has 4 rings (SSSR count). The van der Waals surface area contributed by atoms with E-state index < -0.39 is 5.63 Å². The van der Waals surface area contributed by atoms with Gasteiger partial charge in [0.05, 0.1) is 5.39 Å². The highest BCUT2D eigenvalue weighted by molar-refractivity contribution is 5.96. The SMILES string of the molecule is CC(=O)c1cc2cnc(Nc3ccc(N4CCN(C)CC4)cc3)nc2oc1=O. The highest BCUT2D eigenvalue weighted by Gasteiger charge is 2.14. The van der Waals surface area contributed by atoms with Crippen molar-refractivity contribution in [2.24, 2.45) is 0 Å². The van der Waals surface area contributed by atoms with Crippen molar-refractivity contribution in [3.8, 4) is 0 Å². The van der Waals surface area contributed by atoms with Crippen LogP contribution in [0.2, 0.25) is 0 Å². The number of rotatable bonds is 4. The molecule has 3 heterocycles. The normalized spacial score (nSPS) is 15.0. The van der Waals surface area contributed by atoms with Crippen LogP contribution in [-0.4, -0.2) is 53.9 Å². The number of benzene rings is 1. The number of carbonyl (C=O) groups excluding carboxylic acids is 1. The summed E-state index contributed by atoms with van der Waals surface area (Å²) in [5.41, 5.74) is 1.46. The first kappa shape index (κ1) is 18.1. The molecule has 0 aliphatic carbocycles. The van der Waals surface area contributed by atoms with Crippen molar-refractivity contribution in [3.63, 3.8) is 0 Å². The molecule has 1 N–H and O–H groups in total. The zero-order valence-corrected chi connectivity index (χ0v) is 15.8. The van der Waals surface area contributed by atoms with Crippen molar-refractivity contribution in [1.82, 2.24) is 14.9 Å². The van der Waals surface area contributed by atoms with E-state index in [9.17, 15) is 9.59 Å². The Bertz CT molecular complexity index is 1070. The summed E-state index contributed by atoms with van der Waals surface area (Å²) >= 11 is 0. The van der Waals surface area contributed by atoms with Crippen molar-refractivity contribution in [2.75, 3.05) is 43.4 Å². The van der Waals surface area contributed by atoms with Gasteiger partial charge in [-0.05, 0) is 44.3 Å². The van der Waals surface area contributed by atoms with E-state index in [0.717, 1.165) is 31.9 Å². The van der Waals surface area contributed by atoms with Crippen LogP contribution >= 0.6 is 0 Å². The zero-order valence-electron chi connectivity index (χ0n) is 15.8. The van der Waals surface area contributed by atoms with Crippen LogP contribution in [0.5, 0.6) is 0 Å². The van der Waals surface area contributed by atoms with Gasteiger partial charge in [0.25, 0.3) is 0 Å². The van der Waals surface area contributed by atoms with Crippen molar-refractivity contribution >= 4 is 34.2 Å². The zero-order chi connectivity index (χ0) is 19.7. The smallest absolute Gasteiger partial charge is 0.348 e. The number of fused-ring (bicyclic) bond motifs is 1. The summed E-state index contributed by atoms with van der Waals surface area (Å²) < 4.78 is 5.16. The summed E-state index contributed by atoms with van der Waals surface area (Å²) in [7, 11) is 2.14. The second-order valence-electron chi connectivity index (χ2n) is 6.92. The standard InChI is InChI=1S/C20H21N5O3/c1-13(26)17-11-14-12-21-20(23-18(14)28-19(17)27)22-15-3-5-16(6-4-15)25-9-7-24(2)8-10-25/h3-6,11-12H,7-10H2,1-2H3,(H,21,22,23). The molecule has 0 unspecified atom stereocenters. The van der Waals surface area contributed by atoms with Crippen LogP contribution in [0.1, 0.15) is 17.3 Å². The van der Waals surface area contributed by atoms with Crippen LogP contribution < -0.4 is 15.8 Å². The number of anilines is 3. The van der Waals surface area contributed by atoms with Gasteiger partial charge < -0.3 is 19.5 Å². The highest BCUT2D eigenvalue weighted by atomic mass is 16.4. The van der Waals surface area contributed by atoms with E-state index in [4.69, 9.17) is 4.42 Å². The van der Waals surface area contributed by atoms with E-state index >= 15 is 0 Å². The lowest BCUT2D eigenvalue weighted by atomic mass is 10.2. The first-order valence-corrected chi connectivity index (χ1v) is 9.12. The average Bonchev–Trinajstić information content (AvgIpc) is 2.68. The van der Waals surface area contributed by atoms with Gasteiger partial charge in [0.15, 0.2) is 5.78 Å². The van der Waals surface area contributed by atoms with Crippen molar-refractivity contribution in [2.45, 2.75) is 6.92 Å². The molecule has 0 radical (unpaired) electrons. The Morgan fingerprint density at radius 3 is 2.54 bits per heavy atom. The van der Waals surface area contributed by atoms with Crippen molar-refractivity contribution in [3.05, 3.63) is 52.5 Å². The van der Waals surface area contributed by atoms with Gasteiger partial charge in [-0.2, -0.15) is 4.98 Å². The summed E-state index contributed by atoms with van der Waals surface area (Å²) in [5, 5.41) is 3.61. The summed E-state index contributed by atoms with van der Waals surface area (Å²) in [4.78, 5) is 36.5. The topological polar surface area (TPSA) is 91.6 Å². The fraction of sp³-hybridized carbons (Fsp3) is 0.300. The first-order valence-electron chi connectivity index (χ1n) is 9.12. The lowest BCUT2D eigenvalue weighted by Crippen LogP contribution is -2.44. The number of hydrogen-bond donors (Lipinski definition) is 1. The van der Waals surface area contributed by atoms with Crippen LogP contribution in [0.3, 0.4) is 0 Å². The van der Waals surface area contributed by atoms with Gasteiger partial charge in [-0.25, -0.2) is 9.78 Å². The van der Waals surface area contributed by atoms with Gasteiger partial charge in [-0.15, -0.1) is 0 Å². The van der Waals surface area contributed by atoms with Gasteiger partial charge in [0.1, 0.15) is 5.56 Å². The van der Waals surface area contributed by atoms with E-state index in [1.54, 1.807) is 0 Å². The largest absolute Gasteiger partial charge is 0.403 e. The minimum atomic E-state index is -0.693. The average molecular weight is 379 g/mol. The van der Waals surface area contributed by atoms with Crippen LogP contribution in [0.15, 0.2) is 45.7 Å². The third-order valence-electron chi connectivity index (χ3n) is 4.86. The van der Waals surface area contributed by atoms with Gasteiger partial charge in [0, 0.05) is 43.8 Å². The van der Waals surface area contributed by atoms with Crippen molar-refractivity contribution in [1.29, 1.82) is 0 Å². The monoisotopic (exact) mass is 379 g/mol. The molecule has 144 valence electrons. The minimum Gasteiger partial charge on any atom is -0.403 e. The quantitative estimate of drug-likeness (QED) is 0.691. The van der Waals surface area contributed by atoms with Gasteiger partial charge >= 0.3 is 5.63 Å². The van der Waals surface area contributed by atoms with Gasteiger partial charge in [0.2, 0.25) is 11.7 Å². The Labute approximate surface area is 161 Å². The molecule has 28 heavy (non-hydrogen) atoms. The van der Waals surface area contributed by atoms with E-state index in [0.29, 0.717) is 11.3 Å². The number of nitrogens with zero attached hydrogens (tertiary/aromatic N) is 4. The molecule has 0 saturated carbocycles. The Kier molecular flexibility index (Phi) is 4.79. The summed E-state index contributed by atoms with van der Waals surface area (Å²) in [6, 6.07) is 9.52. The fourth-order valence-corrected chi connectivity index (χ4v) is 3.17. The fourth-order valence-electron chi connectivity index (χ4n) is 3.17. The third-order valence-corrected chi connectivity index (χ3v) is 4.86. The number of aromatic nitrogens is 2. The van der Waals surface area contributed by atoms with Crippen LogP contribution in [0.4, 0.5) is 17.3 Å². The molecule has 0 spiro atoms. The molecule has 1 fully saturated rings. The van der Waals surface area contributed by atoms with Crippen LogP contribution in [0, 0.1) is 0 Å². The first-order chi connectivity index (χ1) is 13.5. The predicted octanol–water partition coefficient (Wildman–Crippen LogP) is 2.28. The minimum absolute atomic E-state index is 0.00342. The molecule has 0 bridgehead atoms. The Morgan fingerprint density at radius 1 is 1.14 bits per heavy atom. The maximum atomic E-state index is 11.9. The van der Waals surface area contributed by atoms with Gasteiger partial charge in [-0.3, -0.25) is 4.79 Å². The number of nitrogens with one attached hydrogen (secondary N) is 1. The maximum Gasteiger partial charge on any atom is 0.348 e. The van der Waals surface area contributed by atoms with Gasteiger partial charge in [-0.1, -0.05) is 0 Å². The Hall–Kier alpha value is -3.26. The number of carbonyl (C=O) groups is 1. The van der Waals surface area contributed by atoms with E-state index in [2.05, 4.69) is 44.3 Å². The molecule has 8 heteroatoms. The van der Waals surface area contributed by atoms with Crippen LogP contribution in [0.25, 0.3) is 11.1 Å². The van der Waals surface area contributed by atoms with E-state index in [-0.39, 0.29) is 17.1 Å². The number of ketones is 1. The molecule has 1 aromatic carbocycles. The number of Topliss-reactive ketones (excluding diaryl/α,β-unsaturated/α-hetero) is 1. The predicted molar refractivity (Wildman–Crippen MR) is 108 cm³/mol. The highest BCUT2D eigenvalue weighted by Crippen LogP contribution is 2.21. The van der Waals surface area contributed by atoms with Crippen LogP contribution in [-0.2, 0) is 0 Å². The molecule has 1 saturated heterocycles. The Morgan fingerprint density at radius 2 is 1.86 bits per heavy atom. The molecule has 3 aromatic rings. The molecule has 8 nitrogen and oxygen atoms in total. The number of hydrogen-bond acceptors (Lipinski definition) is 8. The Balaban J connectivity index is 1.52. The molecule has 1 aliphatic rings. The number of likely N-dealkylation sites (N-methyl/N-ethyl adjacent to an activating group) is 1. The third kappa shape index (κ3) is 3.72. The number of piperazine rings is 1. The lowest BCUT2D eigenvalue weighted by molar-refractivity contribution is 0.101. The van der Waals surface area contributed by atoms with E-state index in [1.807, 2.05) is 12.1 Å². The molecule has 0 atom stereocenters. The maximum absolute atomic E-state index is 11.9.